The first-order valence-electron chi connectivity index (χ1n) is 7.03. The summed E-state index contributed by atoms with van der Waals surface area (Å²) in [6, 6.07) is 9.84. The summed E-state index contributed by atoms with van der Waals surface area (Å²) >= 11 is 0. The minimum absolute atomic E-state index is 0.0876. The van der Waals surface area contributed by atoms with Gasteiger partial charge in [-0.1, -0.05) is 30.3 Å². The second-order valence-electron chi connectivity index (χ2n) is 5.00. The SMILES string of the molecule is COC(=O)c1cnc(-c2ccccc2)nc1C1CCCN1. The molecule has 0 aliphatic carbocycles. The first kappa shape index (κ1) is 13.7. The second-order valence-corrected chi connectivity index (χ2v) is 5.00. The lowest BCUT2D eigenvalue weighted by molar-refractivity contribution is 0.0597. The first-order chi connectivity index (χ1) is 10.3. The molecule has 3 rings (SSSR count). The quantitative estimate of drug-likeness (QED) is 0.876. The standard InChI is InChI=1S/C16H17N3O2/c1-21-16(20)12-10-18-15(11-6-3-2-4-7-11)19-14(12)13-8-5-9-17-13/h2-4,6-7,10,13,17H,5,8-9H2,1H3. The van der Waals surface area contributed by atoms with Crippen molar-refractivity contribution in [2.45, 2.75) is 18.9 Å². The van der Waals surface area contributed by atoms with Crippen molar-refractivity contribution in [2.75, 3.05) is 13.7 Å². The molecule has 1 aliphatic rings. The van der Waals surface area contributed by atoms with Crippen LogP contribution in [-0.2, 0) is 4.74 Å². The number of ether oxygens (including phenoxy) is 1. The summed E-state index contributed by atoms with van der Waals surface area (Å²) < 4.78 is 4.84. The Balaban J connectivity index is 2.05. The van der Waals surface area contributed by atoms with Crippen molar-refractivity contribution in [3.05, 3.63) is 47.8 Å². The lowest BCUT2D eigenvalue weighted by Crippen LogP contribution is -2.19. The zero-order valence-corrected chi connectivity index (χ0v) is 11.9. The summed E-state index contributed by atoms with van der Waals surface area (Å²) in [7, 11) is 1.37. The summed E-state index contributed by atoms with van der Waals surface area (Å²) in [5, 5.41) is 3.37. The van der Waals surface area contributed by atoms with Gasteiger partial charge in [0.15, 0.2) is 5.82 Å². The van der Waals surface area contributed by atoms with Crippen LogP contribution in [-0.4, -0.2) is 29.6 Å². The molecule has 0 radical (unpaired) electrons. The van der Waals surface area contributed by atoms with Gasteiger partial charge in [-0.05, 0) is 19.4 Å². The highest BCUT2D eigenvalue weighted by atomic mass is 16.5. The van der Waals surface area contributed by atoms with Crippen LogP contribution in [0.3, 0.4) is 0 Å². The fourth-order valence-corrected chi connectivity index (χ4v) is 2.57. The molecule has 1 N–H and O–H groups in total. The van der Waals surface area contributed by atoms with Gasteiger partial charge in [-0.25, -0.2) is 14.8 Å². The smallest absolute Gasteiger partial charge is 0.341 e. The average Bonchev–Trinajstić information content (AvgIpc) is 3.09. The molecule has 2 heterocycles. The van der Waals surface area contributed by atoms with Gasteiger partial charge in [-0.15, -0.1) is 0 Å². The number of carbonyl (C=O) groups excluding carboxylic acids is 1. The minimum Gasteiger partial charge on any atom is -0.465 e. The van der Waals surface area contributed by atoms with Gasteiger partial charge in [0.25, 0.3) is 0 Å². The molecule has 0 amide bonds. The van der Waals surface area contributed by atoms with E-state index in [-0.39, 0.29) is 6.04 Å². The van der Waals surface area contributed by atoms with Gasteiger partial charge in [-0.2, -0.15) is 0 Å². The molecule has 1 aromatic carbocycles. The Morgan fingerprint density at radius 1 is 1.33 bits per heavy atom. The van der Waals surface area contributed by atoms with Crippen LogP contribution < -0.4 is 5.32 Å². The normalized spacial score (nSPS) is 17.7. The molecule has 1 atom stereocenters. The average molecular weight is 283 g/mol. The number of esters is 1. The molecule has 5 heteroatoms. The number of hydrogen-bond donors (Lipinski definition) is 1. The molecule has 21 heavy (non-hydrogen) atoms. The van der Waals surface area contributed by atoms with Crippen LogP contribution in [0.25, 0.3) is 11.4 Å². The molecule has 0 bridgehead atoms. The second kappa shape index (κ2) is 6.01. The van der Waals surface area contributed by atoms with Gasteiger partial charge in [0.2, 0.25) is 0 Å². The Bertz CT molecular complexity index is 637. The Morgan fingerprint density at radius 3 is 2.81 bits per heavy atom. The van der Waals surface area contributed by atoms with Crippen molar-refractivity contribution in [1.29, 1.82) is 0 Å². The summed E-state index contributed by atoms with van der Waals surface area (Å²) in [6.07, 6.45) is 3.61. The molecule has 5 nitrogen and oxygen atoms in total. The van der Waals surface area contributed by atoms with Gasteiger partial charge in [0, 0.05) is 11.8 Å². The van der Waals surface area contributed by atoms with E-state index in [0.29, 0.717) is 11.4 Å². The number of rotatable bonds is 3. The predicted octanol–water partition coefficient (Wildman–Crippen LogP) is 2.35. The van der Waals surface area contributed by atoms with E-state index in [4.69, 9.17) is 4.74 Å². The molecule has 1 fully saturated rings. The van der Waals surface area contributed by atoms with E-state index in [9.17, 15) is 4.79 Å². The highest BCUT2D eigenvalue weighted by Gasteiger charge is 2.25. The fourth-order valence-electron chi connectivity index (χ4n) is 2.57. The zero-order valence-electron chi connectivity index (χ0n) is 11.9. The van der Waals surface area contributed by atoms with E-state index >= 15 is 0 Å². The maximum absolute atomic E-state index is 11.9. The van der Waals surface area contributed by atoms with Crippen molar-refractivity contribution >= 4 is 5.97 Å². The summed E-state index contributed by atoms with van der Waals surface area (Å²) in [6.45, 7) is 0.940. The number of nitrogens with zero attached hydrogens (tertiary/aromatic N) is 2. The molecular formula is C16H17N3O2. The largest absolute Gasteiger partial charge is 0.465 e. The number of methoxy groups -OCH3 is 1. The Kier molecular flexibility index (Phi) is 3.92. The van der Waals surface area contributed by atoms with Gasteiger partial charge < -0.3 is 10.1 Å². The fraction of sp³-hybridized carbons (Fsp3) is 0.312. The van der Waals surface area contributed by atoms with Gasteiger partial charge in [-0.3, -0.25) is 0 Å². The number of hydrogen-bond acceptors (Lipinski definition) is 5. The van der Waals surface area contributed by atoms with Crippen molar-refractivity contribution in [3.8, 4) is 11.4 Å². The monoisotopic (exact) mass is 283 g/mol. The lowest BCUT2D eigenvalue weighted by Gasteiger charge is -2.14. The van der Waals surface area contributed by atoms with Crippen molar-refractivity contribution in [2.24, 2.45) is 0 Å². The molecule has 1 saturated heterocycles. The van der Waals surface area contributed by atoms with E-state index in [2.05, 4.69) is 15.3 Å². The predicted molar refractivity (Wildman–Crippen MR) is 78.8 cm³/mol. The third-order valence-electron chi connectivity index (χ3n) is 3.65. The maximum Gasteiger partial charge on any atom is 0.341 e. The topological polar surface area (TPSA) is 64.1 Å². The molecule has 108 valence electrons. The third-order valence-corrected chi connectivity index (χ3v) is 3.65. The van der Waals surface area contributed by atoms with E-state index in [0.717, 1.165) is 30.6 Å². The van der Waals surface area contributed by atoms with Crippen LogP contribution in [0, 0.1) is 0 Å². The van der Waals surface area contributed by atoms with Crippen LogP contribution >= 0.6 is 0 Å². The highest BCUT2D eigenvalue weighted by molar-refractivity contribution is 5.90. The summed E-state index contributed by atoms with van der Waals surface area (Å²) in [4.78, 5) is 20.8. The molecule has 1 aromatic heterocycles. The third kappa shape index (κ3) is 2.78. The van der Waals surface area contributed by atoms with Crippen molar-refractivity contribution < 1.29 is 9.53 Å². The van der Waals surface area contributed by atoms with Crippen molar-refractivity contribution in [1.82, 2.24) is 15.3 Å². The van der Waals surface area contributed by atoms with Gasteiger partial charge in [0.05, 0.1) is 18.8 Å². The number of carbonyl (C=O) groups is 1. The summed E-state index contributed by atoms with van der Waals surface area (Å²) in [5.41, 5.74) is 2.11. The van der Waals surface area contributed by atoms with Gasteiger partial charge in [0.1, 0.15) is 5.56 Å². The minimum atomic E-state index is -0.390. The van der Waals surface area contributed by atoms with Crippen LogP contribution in [0.15, 0.2) is 36.5 Å². The van der Waals surface area contributed by atoms with Crippen molar-refractivity contribution in [3.63, 3.8) is 0 Å². The first-order valence-corrected chi connectivity index (χ1v) is 7.03. The Hall–Kier alpha value is -2.27. The lowest BCUT2D eigenvalue weighted by atomic mass is 10.1. The molecule has 1 aliphatic heterocycles. The van der Waals surface area contributed by atoms with Gasteiger partial charge >= 0.3 is 5.97 Å². The Labute approximate surface area is 123 Å². The van der Waals surface area contributed by atoms with Crippen LogP contribution in [0.2, 0.25) is 0 Å². The number of benzene rings is 1. The molecule has 1 unspecified atom stereocenters. The number of aromatic nitrogens is 2. The zero-order chi connectivity index (χ0) is 14.7. The highest BCUT2D eigenvalue weighted by Crippen LogP contribution is 2.26. The van der Waals surface area contributed by atoms with Crippen LogP contribution in [0.1, 0.15) is 34.9 Å². The summed E-state index contributed by atoms with van der Waals surface area (Å²) in [5.74, 6) is 0.241. The molecule has 2 aromatic rings. The molecule has 0 spiro atoms. The Morgan fingerprint density at radius 2 is 2.14 bits per heavy atom. The van der Waals surface area contributed by atoms with Crippen LogP contribution in [0.5, 0.6) is 0 Å². The van der Waals surface area contributed by atoms with E-state index in [1.54, 1.807) is 6.20 Å². The molecular weight excluding hydrogens is 266 g/mol. The van der Waals surface area contributed by atoms with E-state index in [1.165, 1.54) is 7.11 Å². The molecule has 0 saturated carbocycles. The van der Waals surface area contributed by atoms with E-state index < -0.39 is 5.97 Å². The van der Waals surface area contributed by atoms with Crippen LogP contribution in [0.4, 0.5) is 0 Å². The van der Waals surface area contributed by atoms with E-state index in [1.807, 2.05) is 30.3 Å². The maximum atomic E-state index is 11.9. The number of nitrogens with one attached hydrogen (secondary N) is 1.